The molecule has 118 valence electrons. The Morgan fingerprint density at radius 2 is 1.86 bits per heavy atom. The van der Waals surface area contributed by atoms with Gasteiger partial charge in [-0.2, -0.15) is 0 Å². The number of rotatable bonds is 4. The Balaban J connectivity index is 0.00000242. The maximum absolute atomic E-state index is 13.1. The fourth-order valence-electron chi connectivity index (χ4n) is 1.93. The van der Waals surface area contributed by atoms with Gasteiger partial charge in [-0.1, -0.05) is 18.2 Å². The van der Waals surface area contributed by atoms with Crippen LogP contribution in [0, 0.1) is 12.7 Å². The number of benzene rings is 1. The van der Waals surface area contributed by atoms with Crippen molar-refractivity contribution in [2.45, 2.75) is 20.0 Å². The number of hydrogen-bond donors (Lipinski definition) is 2. The standard InChI is InChI=1S/C16H19FN4.HI/c1-12-5-3-8-15(21-12)11-20-16(18-2)19-10-13-6-4-7-14(17)9-13;/h3-9H,10-11H2,1-2H3,(H2,18,19,20);1H. The summed E-state index contributed by atoms with van der Waals surface area (Å²) in [5.74, 6) is 0.420. The summed E-state index contributed by atoms with van der Waals surface area (Å²) in [6, 6.07) is 12.4. The van der Waals surface area contributed by atoms with Crippen LogP contribution in [0.1, 0.15) is 17.0 Å². The molecule has 2 rings (SSSR count). The van der Waals surface area contributed by atoms with Gasteiger partial charge in [-0.3, -0.25) is 9.98 Å². The number of guanidine groups is 1. The molecule has 6 heteroatoms. The molecule has 0 unspecified atom stereocenters. The van der Waals surface area contributed by atoms with Crippen molar-refractivity contribution in [2.24, 2.45) is 4.99 Å². The molecule has 1 aromatic heterocycles. The van der Waals surface area contributed by atoms with Gasteiger partial charge in [-0.15, -0.1) is 24.0 Å². The number of nitrogens with zero attached hydrogens (tertiary/aromatic N) is 2. The number of halogens is 2. The van der Waals surface area contributed by atoms with Crippen LogP contribution in [0.15, 0.2) is 47.5 Å². The zero-order chi connectivity index (χ0) is 15.1. The zero-order valence-corrected chi connectivity index (χ0v) is 15.0. The Labute approximate surface area is 147 Å². The van der Waals surface area contributed by atoms with Gasteiger partial charge in [0.2, 0.25) is 0 Å². The van der Waals surface area contributed by atoms with E-state index in [0.717, 1.165) is 17.0 Å². The Kier molecular flexibility index (Phi) is 7.79. The normalized spacial score (nSPS) is 10.8. The van der Waals surface area contributed by atoms with E-state index in [0.29, 0.717) is 19.0 Å². The highest BCUT2D eigenvalue weighted by Crippen LogP contribution is 2.02. The highest BCUT2D eigenvalue weighted by atomic mass is 127. The molecule has 0 spiro atoms. The first kappa shape index (κ1) is 18.3. The van der Waals surface area contributed by atoms with Gasteiger partial charge >= 0.3 is 0 Å². The topological polar surface area (TPSA) is 49.3 Å². The van der Waals surface area contributed by atoms with Crippen molar-refractivity contribution in [2.75, 3.05) is 7.05 Å². The third-order valence-electron chi connectivity index (χ3n) is 2.96. The van der Waals surface area contributed by atoms with Crippen LogP contribution in [0.2, 0.25) is 0 Å². The predicted octanol–water partition coefficient (Wildman–Crippen LogP) is 3.01. The molecule has 0 amide bonds. The predicted molar refractivity (Wildman–Crippen MR) is 97.8 cm³/mol. The lowest BCUT2D eigenvalue weighted by molar-refractivity contribution is 0.624. The molecule has 0 aliphatic rings. The first-order valence-electron chi connectivity index (χ1n) is 6.79. The molecule has 0 atom stereocenters. The lowest BCUT2D eigenvalue weighted by Gasteiger charge is -2.12. The van der Waals surface area contributed by atoms with Crippen LogP contribution < -0.4 is 10.6 Å². The molecule has 4 nitrogen and oxygen atoms in total. The Morgan fingerprint density at radius 1 is 1.14 bits per heavy atom. The molecule has 0 radical (unpaired) electrons. The van der Waals surface area contributed by atoms with Gasteiger partial charge in [-0.05, 0) is 36.8 Å². The Bertz CT molecular complexity index is 580. The van der Waals surface area contributed by atoms with E-state index >= 15 is 0 Å². The van der Waals surface area contributed by atoms with Gasteiger partial charge < -0.3 is 10.6 Å². The number of pyridine rings is 1. The average Bonchev–Trinajstić information content (AvgIpc) is 2.47. The van der Waals surface area contributed by atoms with Crippen LogP contribution in [0.5, 0.6) is 0 Å². The fraction of sp³-hybridized carbons (Fsp3) is 0.250. The van der Waals surface area contributed by atoms with Crippen LogP contribution in [-0.2, 0) is 13.1 Å². The van der Waals surface area contributed by atoms with Crippen LogP contribution >= 0.6 is 24.0 Å². The second kappa shape index (κ2) is 9.34. The molecule has 0 aliphatic carbocycles. The second-order valence-electron chi connectivity index (χ2n) is 4.68. The van der Waals surface area contributed by atoms with Gasteiger partial charge in [0, 0.05) is 19.3 Å². The quantitative estimate of drug-likeness (QED) is 0.460. The minimum absolute atomic E-state index is 0. The molecule has 22 heavy (non-hydrogen) atoms. The van der Waals surface area contributed by atoms with Crippen molar-refractivity contribution >= 4 is 29.9 Å². The SMILES string of the molecule is CN=C(NCc1cccc(F)c1)NCc1cccc(C)n1.I. The molecule has 1 aromatic carbocycles. The summed E-state index contributed by atoms with van der Waals surface area (Å²) >= 11 is 0. The van der Waals surface area contributed by atoms with Gasteiger partial charge in [0.1, 0.15) is 5.82 Å². The Morgan fingerprint density at radius 3 is 2.55 bits per heavy atom. The maximum atomic E-state index is 13.1. The van der Waals surface area contributed by atoms with E-state index < -0.39 is 0 Å². The molecular formula is C16H20FIN4. The minimum atomic E-state index is -0.235. The Hall–Kier alpha value is -1.70. The van der Waals surface area contributed by atoms with E-state index in [2.05, 4.69) is 20.6 Å². The van der Waals surface area contributed by atoms with Crippen LogP contribution in [0.3, 0.4) is 0 Å². The molecule has 0 saturated heterocycles. The molecule has 2 aromatic rings. The number of aryl methyl sites for hydroxylation is 1. The van der Waals surface area contributed by atoms with E-state index in [1.807, 2.05) is 31.2 Å². The summed E-state index contributed by atoms with van der Waals surface area (Å²) in [6.07, 6.45) is 0. The maximum Gasteiger partial charge on any atom is 0.191 e. The number of aliphatic imine (C=N–C) groups is 1. The summed E-state index contributed by atoms with van der Waals surface area (Å²) in [7, 11) is 1.70. The van der Waals surface area contributed by atoms with Crippen molar-refractivity contribution in [3.63, 3.8) is 0 Å². The summed E-state index contributed by atoms with van der Waals surface area (Å²) in [5.41, 5.74) is 2.80. The van der Waals surface area contributed by atoms with Gasteiger partial charge in [-0.25, -0.2) is 4.39 Å². The van der Waals surface area contributed by atoms with Gasteiger partial charge in [0.25, 0.3) is 0 Å². The highest BCUT2D eigenvalue weighted by Gasteiger charge is 2.01. The molecule has 0 aliphatic heterocycles. The first-order valence-corrected chi connectivity index (χ1v) is 6.79. The third kappa shape index (κ3) is 5.97. The molecule has 0 fully saturated rings. The second-order valence-corrected chi connectivity index (χ2v) is 4.68. The lowest BCUT2D eigenvalue weighted by Crippen LogP contribution is -2.36. The third-order valence-corrected chi connectivity index (χ3v) is 2.96. The number of hydrogen-bond acceptors (Lipinski definition) is 2. The smallest absolute Gasteiger partial charge is 0.191 e. The molecule has 0 bridgehead atoms. The van der Waals surface area contributed by atoms with Gasteiger partial charge in [0.05, 0.1) is 12.2 Å². The van der Waals surface area contributed by atoms with Crippen LogP contribution in [-0.4, -0.2) is 18.0 Å². The van der Waals surface area contributed by atoms with Crippen molar-refractivity contribution in [3.05, 3.63) is 65.2 Å². The van der Waals surface area contributed by atoms with E-state index in [4.69, 9.17) is 0 Å². The van der Waals surface area contributed by atoms with Crippen LogP contribution in [0.25, 0.3) is 0 Å². The van der Waals surface area contributed by atoms with E-state index in [1.165, 1.54) is 12.1 Å². The monoisotopic (exact) mass is 414 g/mol. The average molecular weight is 414 g/mol. The van der Waals surface area contributed by atoms with E-state index in [1.54, 1.807) is 13.1 Å². The summed E-state index contributed by atoms with van der Waals surface area (Å²) in [6.45, 7) is 3.06. The summed E-state index contributed by atoms with van der Waals surface area (Å²) in [5, 5.41) is 6.32. The number of aromatic nitrogens is 1. The van der Waals surface area contributed by atoms with Crippen LogP contribution in [0.4, 0.5) is 4.39 Å². The minimum Gasteiger partial charge on any atom is -0.352 e. The van der Waals surface area contributed by atoms with Crippen molar-refractivity contribution < 1.29 is 4.39 Å². The fourth-order valence-corrected chi connectivity index (χ4v) is 1.93. The summed E-state index contributed by atoms with van der Waals surface area (Å²) in [4.78, 5) is 8.55. The van der Waals surface area contributed by atoms with Crippen molar-refractivity contribution in [3.8, 4) is 0 Å². The van der Waals surface area contributed by atoms with Crippen molar-refractivity contribution in [1.29, 1.82) is 0 Å². The first-order chi connectivity index (χ1) is 10.2. The molecule has 2 N–H and O–H groups in total. The molecule has 0 saturated carbocycles. The molecular weight excluding hydrogens is 394 g/mol. The lowest BCUT2D eigenvalue weighted by atomic mass is 10.2. The number of nitrogens with one attached hydrogen (secondary N) is 2. The van der Waals surface area contributed by atoms with E-state index in [9.17, 15) is 4.39 Å². The zero-order valence-electron chi connectivity index (χ0n) is 12.6. The summed E-state index contributed by atoms with van der Waals surface area (Å²) < 4.78 is 13.1. The molecule has 1 heterocycles. The van der Waals surface area contributed by atoms with Crippen molar-refractivity contribution in [1.82, 2.24) is 15.6 Å². The largest absolute Gasteiger partial charge is 0.352 e. The highest BCUT2D eigenvalue weighted by molar-refractivity contribution is 14.0. The van der Waals surface area contributed by atoms with Gasteiger partial charge in [0.15, 0.2) is 5.96 Å². The van der Waals surface area contributed by atoms with E-state index in [-0.39, 0.29) is 29.8 Å².